The Bertz CT molecular complexity index is 141. The van der Waals surface area contributed by atoms with Crippen LogP contribution in [0.1, 0.15) is 19.8 Å². The summed E-state index contributed by atoms with van der Waals surface area (Å²) in [6.07, 6.45) is 3.46. The molecule has 0 rings (SSSR count). The predicted molar refractivity (Wildman–Crippen MR) is 39.7 cm³/mol. The number of rotatable bonds is 4. The minimum absolute atomic E-state index is 0.279. The zero-order valence-electron chi connectivity index (χ0n) is 6.35. The maximum absolute atomic E-state index is 10.3. The number of unbranched alkanes of at least 4 members (excludes halogenated alkanes) is 1. The maximum atomic E-state index is 10.3. The van der Waals surface area contributed by atoms with Gasteiger partial charge in [0.05, 0.1) is 0 Å². The van der Waals surface area contributed by atoms with E-state index in [0.717, 1.165) is 12.8 Å². The Balaban J connectivity index is 3.91. The van der Waals surface area contributed by atoms with Crippen LogP contribution in [0, 0.1) is 0 Å². The largest absolute Gasteiger partial charge is 0.477 e. The Hall–Kier alpha value is -0.990. The van der Waals surface area contributed by atoms with Gasteiger partial charge in [-0.05, 0) is 6.42 Å². The first kappa shape index (κ1) is 9.01. The normalized spacial score (nSPS) is 11.2. The van der Waals surface area contributed by atoms with Crippen LogP contribution in [0.5, 0.6) is 0 Å². The van der Waals surface area contributed by atoms with Crippen molar-refractivity contribution in [3.63, 3.8) is 0 Å². The topological polar surface area (TPSA) is 49.3 Å². The first-order valence-corrected chi connectivity index (χ1v) is 3.33. The highest BCUT2D eigenvalue weighted by Crippen LogP contribution is 1.94. The third-order valence-corrected chi connectivity index (χ3v) is 1.14. The molecule has 0 saturated carbocycles. The van der Waals surface area contributed by atoms with Crippen molar-refractivity contribution in [2.75, 3.05) is 7.05 Å². The van der Waals surface area contributed by atoms with E-state index >= 15 is 0 Å². The molecular formula is C7H13NO2. The molecule has 0 heterocycles. The minimum atomic E-state index is -0.893. The molecule has 0 amide bonds. The molecule has 3 heteroatoms. The van der Waals surface area contributed by atoms with Gasteiger partial charge in [0.2, 0.25) is 0 Å². The molecule has 0 aromatic carbocycles. The van der Waals surface area contributed by atoms with E-state index in [4.69, 9.17) is 5.11 Å². The molecular weight excluding hydrogens is 130 g/mol. The summed E-state index contributed by atoms with van der Waals surface area (Å²) in [6.45, 7) is 2.01. The monoisotopic (exact) mass is 143 g/mol. The van der Waals surface area contributed by atoms with Crippen LogP contribution >= 0.6 is 0 Å². The number of likely N-dealkylation sites (N-methyl/N-ethyl adjacent to an activating group) is 1. The second kappa shape index (κ2) is 4.85. The summed E-state index contributed by atoms with van der Waals surface area (Å²) in [5, 5.41) is 11.1. The second-order valence-electron chi connectivity index (χ2n) is 1.96. The first-order valence-electron chi connectivity index (χ1n) is 3.33. The molecule has 58 valence electrons. The van der Waals surface area contributed by atoms with Crippen LogP contribution < -0.4 is 5.32 Å². The van der Waals surface area contributed by atoms with Gasteiger partial charge in [-0.2, -0.15) is 0 Å². The van der Waals surface area contributed by atoms with Gasteiger partial charge in [0.15, 0.2) is 0 Å². The molecule has 0 fully saturated rings. The number of carboxylic acids is 1. The molecule has 0 bridgehead atoms. The SMILES string of the molecule is CCCC=C(NC)C(=O)O. The highest BCUT2D eigenvalue weighted by Gasteiger charge is 2.00. The summed E-state index contributed by atoms with van der Waals surface area (Å²) in [5.74, 6) is -0.893. The molecule has 0 saturated heterocycles. The summed E-state index contributed by atoms with van der Waals surface area (Å²) in [4.78, 5) is 10.3. The molecule has 2 N–H and O–H groups in total. The summed E-state index contributed by atoms with van der Waals surface area (Å²) in [7, 11) is 1.61. The standard InChI is InChI=1S/C7H13NO2/c1-3-4-5-6(8-2)7(9)10/h5,8H,3-4H2,1-2H3,(H,9,10). The Labute approximate surface area is 60.7 Å². The van der Waals surface area contributed by atoms with Crippen molar-refractivity contribution in [1.29, 1.82) is 0 Å². The molecule has 0 radical (unpaired) electrons. The van der Waals surface area contributed by atoms with Crippen molar-refractivity contribution in [2.45, 2.75) is 19.8 Å². The molecule has 0 aliphatic carbocycles. The lowest BCUT2D eigenvalue weighted by Crippen LogP contribution is -2.15. The number of aliphatic carboxylic acids is 1. The van der Waals surface area contributed by atoms with E-state index in [1.807, 2.05) is 6.92 Å². The van der Waals surface area contributed by atoms with Crippen LogP contribution in [0.15, 0.2) is 11.8 Å². The third kappa shape index (κ3) is 3.12. The molecule has 0 spiro atoms. The maximum Gasteiger partial charge on any atom is 0.351 e. The Morgan fingerprint density at radius 1 is 1.70 bits per heavy atom. The smallest absolute Gasteiger partial charge is 0.351 e. The van der Waals surface area contributed by atoms with Crippen LogP contribution in [-0.4, -0.2) is 18.1 Å². The van der Waals surface area contributed by atoms with Gasteiger partial charge in [-0.15, -0.1) is 0 Å². The van der Waals surface area contributed by atoms with Gasteiger partial charge in [-0.3, -0.25) is 0 Å². The lowest BCUT2D eigenvalue weighted by molar-refractivity contribution is -0.133. The molecule has 0 unspecified atom stereocenters. The van der Waals surface area contributed by atoms with Gasteiger partial charge in [-0.1, -0.05) is 19.4 Å². The average molecular weight is 143 g/mol. The first-order chi connectivity index (χ1) is 4.72. The molecule has 0 aliphatic rings. The molecule has 10 heavy (non-hydrogen) atoms. The van der Waals surface area contributed by atoms with E-state index in [2.05, 4.69) is 5.32 Å². The highest BCUT2D eigenvalue weighted by atomic mass is 16.4. The highest BCUT2D eigenvalue weighted by molar-refractivity contribution is 5.85. The molecule has 3 nitrogen and oxygen atoms in total. The van der Waals surface area contributed by atoms with Crippen molar-refractivity contribution in [3.8, 4) is 0 Å². The lowest BCUT2D eigenvalue weighted by atomic mass is 10.3. The average Bonchev–Trinajstić information content (AvgIpc) is 1.89. The van der Waals surface area contributed by atoms with Crippen molar-refractivity contribution in [2.24, 2.45) is 0 Å². The predicted octanol–water partition coefficient (Wildman–Crippen LogP) is 0.974. The number of hydrogen-bond donors (Lipinski definition) is 2. The quantitative estimate of drug-likeness (QED) is 0.576. The summed E-state index contributed by atoms with van der Waals surface area (Å²) < 4.78 is 0. The van der Waals surface area contributed by atoms with E-state index < -0.39 is 5.97 Å². The van der Waals surface area contributed by atoms with Crippen molar-refractivity contribution >= 4 is 5.97 Å². The zero-order chi connectivity index (χ0) is 7.98. The van der Waals surface area contributed by atoms with E-state index in [0.29, 0.717) is 0 Å². The van der Waals surface area contributed by atoms with E-state index in [1.54, 1.807) is 13.1 Å². The van der Waals surface area contributed by atoms with Crippen molar-refractivity contribution < 1.29 is 9.90 Å². The number of nitrogens with one attached hydrogen (secondary N) is 1. The summed E-state index contributed by atoms with van der Waals surface area (Å²) >= 11 is 0. The Kier molecular flexibility index (Phi) is 4.37. The fourth-order valence-corrected chi connectivity index (χ4v) is 0.585. The number of allylic oxidation sites excluding steroid dienone is 1. The van der Waals surface area contributed by atoms with Crippen molar-refractivity contribution in [3.05, 3.63) is 11.8 Å². The van der Waals surface area contributed by atoms with Crippen LogP contribution in [-0.2, 0) is 4.79 Å². The van der Waals surface area contributed by atoms with Gasteiger partial charge < -0.3 is 10.4 Å². The Morgan fingerprint density at radius 2 is 2.30 bits per heavy atom. The third-order valence-electron chi connectivity index (χ3n) is 1.14. The van der Waals surface area contributed by atoms with Gasteiger partial charge in [0.1, 0.15) is 5.70 Å². The summed E-state index contributed by atoms with van der Waals surface area (Å²) in [6, 6.07) is 0. The fourth-order valence-electron chi connectivity index (χ4n) is 0.585. The number of carboxylic acid groups (broad SMARTS) is 1. The van der Waals surface area contributed by atoms with Crippen LogP contribution in [0.2, 0.25) is 0 Å². The summed E-state index contributed by atoms with van der Waals surface area (Å²) in [5.41, 5.74) is 0.279. The van der Waals surface area contributed by atoms with E-state index in [9.17, 15) is 4.79 Å². The molecule has 0 aromatic rings. The minimum Gasteiger partial charge on any atom is -0.477 e. The van der Waals surface area contributed by atoms with Gasteiger partial charge >= 0.3 is 5.97 Å². The van der Waals surface area contributed by atoms with Crippen LogP contribution in [0.25, 0.3) is 0 Å². The van der Waals surface area contributed by atoms with Gasteiger partial charge in [-0.25, -0.2) is 4.79 Å². The van der Waals surface area contributed by atoms with Crippen LogP contribution in [0.4, 0.5) is 0 Å². The van der Waals surface area contributed by atoms with Crippen molar-refractivity contribution in [1.82, 2.24) is 5.32 Å². The zero-order valence-corrected chi connectivity index (χ0v) is 6.35. The van der Waals surface area contributed by atoms with E-state index in [1.165, 1.54) is 0 Å². The lowest BCUT2D eigenvalue weighted by Gasteiger charge is -1.98. The number of hydrogen-bond acceptors (Lipinski definition) is 2. The Morgan fingerprint density at radius 3 is 2.60 bits per heavy atom. The number of carbonyl (C=O) groups is 1. The van der Waals surface area contributed by atoms with Gasteiger partial charge in [0.25, 0.3) is 0 Å². The molecule has 0 atom stereocenters. The molecule has 0 aliphatic heterocycles. The second-order valence-corrected chi connectivity index (χ2v) is 1.96. The van der Waals surface area contributed by atoms with E-state index in [-0.39, 0.29) is 5.70 Å². The van der Waals surface area contributed by atoms with Crippen LogP contribution in [0.3, 0.4) is 0 Å². The van der Waals surface area contributed by atoms with Gasteiger partial charge in [0, 0.05) is 7.05 Å². The fraction of sp³-hybridized carbons (Fsp3) is 0.571. The molecule has 0 aromatic heterocycles.